The minimum Gasteiger partial charge on any atom is -0.497 e. The second kappa shape index (κ2) is 4.99. The summed E-state index contributed by atoms with van der Waals surface area (Å²) in [5, 5.41) is 0. The number of methoxy groups -OCH3 is 2. The van der Waals surface area contributed by atoms with Gasteiger partial charge in [-0.15, -0.1) is 0 Å². The molecule has 0 aliphatic rings. The Morgan fingerprint density at radius 2 is 1.87 bits per heavy atom. The Kier molecular flexibility index (Phi) is 3.68. The zero-order chi connectivity index (χ0) is 11.3. The molecule has 0 saturated heterocycles. The molecule has 0 unspecified atom stereocenters. The summed E-state index contributed by atoms with van der Waals surface area (Å²) >= 11 is 0. The van der Waals surface area contributed by atoms with Gasteiger partial charge in [0.25, 0.3) is 6.47 Å². The van der Waals surface area contributed by atoms with Crippen LogP contribution in [-0.4, -0.2) is 26.7 Å². The SMILES string of the molecule is COC(=O)c1cc(OC)cc(OC=O)c1. The number of rotatable bonds is 4. The van der Waals surface area contributed by atoms with E-state index in [0.29, 0.717) is 5.75 Å². The topological polar surface area (TPSA) is 61.8 Å². The summed E-state index contributed by atoms with van der Waals surface area (Å²) < 4.78 is 14.1. The van der Waals surface area contributed by atoms with Crippen LogP contribution >= 0.6 is 0 Å². The van der Waals surface area contributed by atoms with Gasteiger partial charge in [0.1, 0.15) is 11.5 Å². The van der Waals surface area contributed by atoms with Crippen molar-refractivity contribution < 1.29 is 23.8 Å². The summed E-state index contributed by atoms with van der Waals surface area (Å²) in [5.74, 6) is 0.115. The van der Waals surface area contributed by atoms with Crippen molar-refractivity contribution in [2.45, 2.75) is 0 Å². The summed E-state index contributed by atoms with van der Waals surface area (Å²) in [5.41, 5.74) is 0.258. The number of ether oxygens (including phenoxy) is 3. The van der Waals surface area contributed by atoms with Gasteiger partial charge in [-0.05, 0) is 12.1 Å². The highest BCUT2D eigenvalue weighted by molar-refractivity contribution is 5.90. The average Bonchev–Trinajstić information content (AvgIpc) is 2.28. The molecule has 0 fully saturated rings. The molecule has 0 aromatic heterocycles. The number of carbonyl (C=O) groups excluding carboxylic acids is 2. The number of esters is 1. The van der Waals surface area contributed by atoms with E-state index in [9.17, 15) is 9.59 Å². The molecule has 0 atom stereocenters. The Bertz CT molecular complexity index is 372. The summed E-state index contributed by atoms with van der Waals surface area (Å²) in [6.45, 7) is 0.274. The van der Waals surface area contributed by atoms with Gasteiger partial charge in [0.15, 0.2) is 0 Å². The quantitative estimate of drug-likeness (QED) is 0.548. The first-order valence-electron chi connectivity index (χ1n) is 4.09. The molecule has 0 radical (unpaired) electrons. The van der Waals surface area contributed by atoms with Crippen LogP contribution in [0.4, 0.5) is 0 Å². The van der Waals surface area contributed by atoms with Crippen LogP contribution in [0.25, 0.3) is 0 Å². The maximum absolute atomic E-state index is 11.2. The molecule has 0 aliphatic heterocycles. The molecule has 0 heterocycles. The van der Waals surface area contributed by atoms with Crippen LogP contribution in [0.3, 0.4) is 0 Å². The monoisotopic (exact) mass is 210 g/mol. The first-order valence-corrected chi connectivity index (χ1v) is 4.09. The molecule has 1 aromatic rings. The van der Waals surface area contributed by atoms with E-state index in [1.165, 1.54) is 32.4 Å². The van der Waals surface area contributed by atoms with Crippen molar-refractivity contribution in [2.75, 3.05) is 14.2 Å². The zero-order valence-electron chi connectivity index (χ0n) is 8.35. The van der Waals surface area contributed by atoms with Crippen molar-refractivity contribution in [1.29, 1.82) is 0 Å². The largest absolute Gasteiger partial charge is 0.497 e. The van der Waals surface area contributed by atoms with Gasteiger partial charge >= 0.3 is 5.97 Å². The van der Waals surface area contributed by atoms with Crippen LogP contribution in [0.1, 0.15) is 10.4 Å². The van der Waals surface area contributed by atoms with Crippen molar-refractivity contribution >= 4 is 12.4 Å². The van der Waals surface area contributed by atoms with Gasteiger partial charge in [-0.2, -0.15) is 0 Å². The van der Waals surface area contributed by atoms with Gasteiger partial charge in [-0.1, -0.05) is 0 Å². The van der Waals surface area contributed by atoms with E-state index >= 15 is 0 Å². The highest BCUT2D eigenvalue weighted by Gasteiger charge is 2.09. The van der Waals surface area contributed by atoms with E-state index in [1.54, 1.807) is 0 Å². The number of hydrogen-bond donors (Lipinski definition) is 0. The zero-order valence-corrected chi connectivity index (χ0v) is 8.35. The Labute approximate surface area is 86.6 Å². The Hall–Kier alpha value is -2.04. The lowest BCUT2D eigenvalue weighted by atomic mass is 10.2. The van der Waals surface area contributed by atoms with Gasteiger partial charge in [0.2, 0.25) is 0 Å². The van der Waals surface area contributed by atoms with Crippen molar-refractivity contribution in [3.05, 3.63) is 23.8 Å². The number of carbonyl (C=O) groups is 2. The lowest BCUT2D eigenvalue weighted by Gasteiger charge is -2.05. The molecule has 0 bridgehead atoms. The first kappa shape index (κ1) is 11.0. The number of benzene rings is 1. The fourth-order valence-electron chi connectivity index (χ4n) is 1.05. The fraction of sp³-hybridized carbons (Fsp3) is 0.200. The molecule has 0 spiro atoms. The molecule has 0 aliphatic carbocycles. The minimum absolute atomic E-state index is 0.227. The van der Waals surface area contributed by atoms with E-state index < -0.39 is 5.97 Å². The van der Waals surface area contributed by atoms with Crippen molar-refractivity contribution in [2.24, 2.45) is 0 Å². The van der Waals surface area contributed by atoms with E-state index in [4.69, 9.17) is 4.74 Å². The second-order valence-corrected chi connectivity index (χ2v) is 2.60. The predicted octanol–water partition coefficient (Wildman–Crippen LogP) is 1.02. The van der Waals surface area contributed by atoms with E-state index in [-0.39, 0.29) is 17.8 Å². The second-order valence-electron chi connectivity index (χ2n) is 2.60. The van der Waals surface area contributed by atoms with Gasteiger partial charge in [0, 0.05) is 6.07 Å². The van der Waals surface area contributed by atoms with Crippen molar-refractivity contribution in [3.63, 3.8) is 0 Å². The standard InChI is InChI=1S/C10H10O5/c1-13-8-3-7(10(12)14-2)4-9(5-8)15-6-11/h3-6H,1-2H3. The third kappa shape index (κ3) is 2.70. The van der Waals surface area contributed by atoms with E-state index in [0.717, 1.165) is 0 Å². The fourth-order valence-corrected chi connectivity index (χ4v) is 1.05. The molecule has 5 nitrogen and oxygen atoms in total. The van der Waals surface area contributed by atoms with Crippen LogP contribution in [0, 0.1) is 0 Å². The Morgan fingerprint density at radius 1 is 1.20 bits per heavy atom. The molecular weight excluding hydrogens is 200 g/mol. The lowest BCUT2D eigenvalue weighted by Crippen LogP contribution is -2.02. The third-order valence-electron chi connectivity index (χ3n) is 1.72. The molecule has 80 valence electrons. The van der Waals surface area contributed by atoms with Gasteiger partial charge in [-0.25, -0.2) is 4.79 Å². The summed E-state index contributed by atoms with van der Waals surface area (Å²) in [4.78, 5) is 21.4. The molecule has 0 N–H and O–H groups in total. The molecule has 0 amide bonds. The summed E-state index contributed by atoms with van der Waals surface area (Å²) in [7, 11) is 2.71. The number of hydrogen-bond acceptors (Lipinski definition) is 5. The lowest BCUT2D eigenvalue weighted by molar-refractivity contribution is -0.120. The van der Waals surface area contributed by atoms with Crippen LogP contribution in [0.2, 0.25) is 0 Å². The Morgan fingerprint density at radius 3 is 2.40 bits per heavy atom. The van der Waals surface area contributed by atoms with Crippen LogP contribution < -0.4 is 9.47 Å². The molecule has 1 aromatic carbocycles. The molecule has 0 saturated carbocycles. The highest BCUT2D eigenvalue weighted by Crippen LogP contribution is 2.22. The normalized spacial score (nSPS) is 9.20. The molecule has 15 heavy (non-hydrogen) atoms. The Balaban J connectivity index is 3.10. The average molecular weight is 210 g/mol. The van der Waals surface area contributed by atoms with Crippen LogP contribution in [0.5, 0.6) is 11.5 Å². The third-order valence-corrected chi connectivity index (χ3v) is 1.72. The van der Waals surface area contributed by atoms with Crippen molar-refractivity contribution in [1.82, 2.24) is 0 Å². The van der Waals surface area contributed by atoms with E-state index in [1.807, 2.05) is 0 Å². The smallest absolute Gasteiger partial charge is 0.338 e. The van der Waals surface area contributed by atoms with Gasteiger partial charge in [0.05, 0.1) is 19.8 Å². The van der Waals surface area contributed by atoms with Crippen LogP contribution in [0.15, 0.2) is 18.2 Å². The predicted molar refractivity (Wildman–Crippen MR) is 51.0 cm³/mol. The highest BCUT2D eigenvalue weighted by atomic mass is 16.5. The summed E-state index contributed by atoms with van der Waals surface area (Å²) in [6.07, 6.45) is 0. The maximum Gasteiger partial charge on any atom is 0.338 e. The summed E-state index contributed by atoms with van der Waals surface area (Å²) in [6, 6.07) is 4.37. The van der Waals surface area contributed by atoms with Crippen molar-refractivity contribution in [3.8, 4) is 11.5 Å². The molecule has 5 heteroatoms. The first-order chi connectivity index (χ1) is 7.21. The minimum atomic E-state index is -0.523. The van der Waals surface area contributed by atoms with Gasteiger partial charge < -0.3 is 14.2 Å². The molecule has 1 rings (SSSR count). The maximum atomic E-state index is 11.2. The van der Waals surface area contributed by atoms with E-state index in [2.05, 4.69) is 9.47 Å². The van der Waals surface area contributed by atoms with Gasteiger partial charge in [-0.3, -0.25) is 4.79 Å². The van der Waals surface area contributed by atoms with Crippen LogP contribution in [-0.2, 0) is 9.53 Å². The molecular formula is C10H10O5.